The van der Waals surface area contributed by atoms with E-state index in [1.54, 1.807) is 25.1 Å². The van der Waals surface area contributed by atoms with Crippen molar-refractivity contribution in [2.75, 3.05) is 17.6 Å². The number of fused-ring (bicyclic) bond motifs is 1. The third-order valence-corrected chi connectivity index (χ3v) is 7.02. The quantitative estimate of drug-likeness (QED) is 0.241. The zero-order valence-electron chi connectivity index (χ0n) is 21.1. The minimum atomic E-state index is -0.700. The molecule has 5 N–H and O–H groups in total. The molecule has 11 heteroatoms. The van der Waals surface area contributed by atoms with Crippen LogP contribution in [0.15, 0.2) is 52.3 Å². The number of ether oxygens (including phenoxy) is 1. The fourth-order valence-electron chi connectivity index (χ4n) is 4.19. The van der Waals surface area contributed by atoms with Crippen molar-refractivity contribution in [3.63, 3.8) is 0 Å². The largest absolute Gasteiger partial charge is 0.480 e. The number of methoxy groups -OCH3 is 1. The van der Waals surface area contributed by atoms with E-state index in [1.165, 1.54) is 38.6 Å². The number of nitrogens with one attached hydrogen (secondary N) is 2. The molecule has 0 unspecified atom stereocenters. The average Bonchev–Trinajstić information content (AvgIpc) is 2.88. The van der Waals surface area contributed by atoms with E-state index in [2.05, 4.69) is 19.7 Å². The van der Waals surface area contributed by atoms with Gasteiger partial charge in [-0.2, -0.15) is 0 Å². The van der Waals surface area contributed by atoms with Crippen molar-refractivity contribution in [1.29, 1.82) is 0 Å². The highest BCUT2D eigenvalue weighted by molar-refractivity contribution is 8.00. The van der Waals surface area contributed by atoms with Crippen molar-refractivity contribution in [3.8, 4) is 17.0 Å². The van der Waals surface area contributed by atoms with Crippen molar-refractivity contribution in [3.05, 3.63) is 70.3 Å². The van der Waals surface area contributed by atoms with Gasteiger partial charge in [-0.1, -0.05) is 19.3 Å². The van der Waals surface area contributed by atoms with E-state index in [1.807, 2.05) is 0 Å². The molecule has 0 spiro atoms. The van der Waals surface area contributed by atoms with Gasteiger partial charge in [0.15, 0.2) is 0 Å². The number of anilines is 2. The summed E-state index contributed by atoms with van der Waals surface area (Å²) in [5.74, 6) is -0.795. The summed E-state index contributed by atoms with van der Waals surface area (Å²) < 4.78 is 35.3. The Balaban J connectivity index is 0.000000417. The molecule has 0 bridgehead atoms. The molecular weight excluding hydrogens is 512 g/mol. The van der Waals surface area contributed by atoms with Crippen LogP contribution in [-0.2, 0) is 0 Å². The molecule has 0 aliphatic heterocycles. The smallest absolute Gasteiger partial charge is 0.256 e. The van der Waals surface area contributed by atoms with Gasteiger partial charge in [0.1, 0.15) is 23.1 Å². The summed E-state index contributed by atoms with van der Waals surface area (Å²) in [5.41, 5.74) is 8.00. The number of aromatic nitrogens is 3. The summed E-state index contributed by atoms with van der Waals surface area (Å²) in [6, 6.07) is 8.26. The SMILES string of the molecule is COc1ncc(-c2cc3c(C)nc(N)cc3[nH]c2=O)cc1NSc1ccc(F)cc1F.OC1CCCCC1. The van der Waals surface area contributed by atoms with E-state index in [0.717, 1.165) is 42.3 Å². The minimum absolute atomic E-state index is 0.0359. The molecule has 0 radical (unpaired) electrons. The lowest BCUT2D eigenvalue weighted by Gasteiger charge is -2.14. The van der Waals surface area contributed by atoms with Crippen LogP contribution in [0.1, 0.15) is 37.8 Å². The minimum Gasteiger partial charge on any atom is -0.480 e. The van der Waals surface area contributed by atoms with Crippen molar-refractivity contribution < 1.29 is 18.6 Å². The van der Waals surface area contributed by atoms with E-state index in [4.69, 9.17) is 15.6 Å². The molecule has 1 aromatic carbocycles. The molecule has 3 heterocycles. The second kappa shape index (κ2) is 12.2. The number of aryl methyl sites for hydroxylation is 1. The van der Waals surface area contributed by atoms with Gasteiger partial charge in [-0.3, -0.25) is 4.79 Å². The fraction of sp³-hybridized carbons (Fsp3) is 0.296. The molecule has 38 heavy (non-hydrogen) atoms. The number of aromatic amines is 1. The Morgan fingerprint density at radius 2 is 1.92 bits per heavy atom. The van der Waals surface area contributed by atoms with E-state index in [0.29, 0.717) is 33.8 Å². The number of hydrogen-bond donors (Lipinski definition) is 4. The maximum Gasteiger partial charge on any atom is 0.256 e. The van der Waals surface area contributed by atoms with Crippen molar-refractivity contribution in [2.24, 2.45) is 0 Å². The highest BCUT2D eigenvalue weighted by atomic mass is 32.2. The van der Waals surface area contributed by atoms with Crippen LogP contribution in [0.2, 0.25) is 0 Å². The lowest BCUT2D eigenvalue weighted by molar-refractivity contribution is 0.130. The normalized spacial score (nSPS) is 13.6. The third kappa shape index (κ3) is 6.59. The van der Waals surface area contributed by atoms with Gasteiger partial charge >= 0.3 is 0 Å². The van der Waals surface area contributed by atoms with Crippen LogP contribution in [0.25, 0.3) is 22.0 Å². The molecule has 0 saturated heterocycles. The maximum absolute atomic E-state index is 13.9. The first kappa shape index (κ1) is 27.3. The Labute approximate surface area is 222 Å². The lowest BCUT2D eigenvalue weighted by Crippen LogP contribution is -2.10. The summed E-state index contributed by atoms with van der Waals surface area (Å²) in [6.07, 6.45) is 7.43. The predicted molar refractivity (Wildman–Crippen MR) is 146 cm³/mol. The van der Waals surface area contributed by atoms with Crippen molar-refractivity contribution >= 4 is 34.4 Å². The topological polar surface area (TPSA) is 126 Å². The van der Waals surface area contributed by atoms with Crippen LogP contribution < -0.4 is 20.8 Å². The van der Waals surface area contributed by atoms with E-state index in [-0.39, 0.29) is 22.4 Å². The molecule has 1 aliphatic carbocycles. The van der Waals surface area contributed by atoms with Crippen molar-refractivity contribution in [2.45, 2.75) is 50.0 Å². The molecule has 3 aromatic heterocycles. The number of nitrogens with zero attached hydrogens (tertiary/aromatic N) is 2. The molecule has 5 rings (SSSR count). The summed E-state index contributed by atoms with van der Waals surface area (Å²) in [7, 11) is 1.44. The summed E-state index contributed by atoms with van der Waals surface area (Å²) in [4.78, 5) is 24.2. The van der Waals surface area contributed by atoms with Gasteiger partial charge in [-0.15, -0.1) is 0 Å². The zero-order chi connectivity index (χ0) is 27.2. The first-order valence-corrected chi connectivity index (χ1v) is 13.0. The molecule has 1 aliphatic rings. The van der Waals surface area contributed by atoms with E-state index in [9.17, 15) is 13.6 Å². The Hall–Kier alpha value is -3.70. The fourth-order valence-corrected chi connectivity index (χ4v) is 4.85. The number of aliphatic hydroxyl groups excluding tert-OH is 1. The average molecular weight is 542 g/mol. The van der Waals surface area contributed by atoms with Gasteiger partial charge in [0.05, 0.1) is 23.6 Å². The Morgan fingerprint density at radius 3 is 2.58 bits per heavy atom. The summed E-state index contributed by atoms with van der Waals surface area (Å²) in [6.45, 7) is 1.80. The molecule has 0 amide bonds. The zero-order valence-corrected chi connectivity index (χ0v) is 21.9. The molecule has 200 valence electrons. The second-order valence-corrected chi connectivity index (χ2v) is 9.81. The number of aliphatic hydroxyl groups is 1. The van der Waals surface area contributed by atoms with Gasteiger partial charge in [-0.25, -0.2) is 18.7 Å². The van der Waals surface area contributed by atoms with Gasteiger partial charge in [-0.05, 0) is 56.0 Å². The number of hydrogen-bond acceptors (Lipinski definition) is 8. The summed E-state index contributed by atoms with van der Waals surface area (Å²) >= 11 is 0.932. The van der Waals surface area contributed by atoms with Gasteiger partial charge < -0.3 is 25.3 Å². The number of rotatable bonds is 5. The molecule has 8 nitrogen and oxygen atoms in total. The first-order valence-electron chi connectivity index (χ1n) is 12.2. The number of halogens is 2. The predicted octanol–water partition coefficient (Wildman–Crippen LogP) is 5.59. The number of nitrogens with two attached hydrogens (primary N) is 1. The van der Waals surface area contributed by atoms with E-state index < -0.39 is 11.6 Å². The van der Waals surface area contributed by atoms with Crippen LogP contribution in [0.3, 0.4) is 0 Å². The Bertz CT molecular complexity index is 1490. The van der Waals surface area contributed by atoms with Crippen LogP contribution in [0.4, 0.5) is 20.3 Å². The number of pyridine rings is 3. The molecular formula is C27H29F2N5O3S. The van der Waals surface area contributed by atoms with Crippen LogP contribution in [0.5, 0.6) is 5.88 Å². The molecule has 1 fully saturated rings. The van der Waals surface area contributed by atoms with Gasteiger partial charge in [0.25, 0.3) is 5.56 Å². The standard InChI is InChI=1S/C21H17F2N5O2S.C6H12O/c1-10-13-7-14(20(29)27-16(13)8-19(24)26-10)11-5-17(21(30-2)25-9-11)28-31-18-4-3-12(22)6-15(18)23;7-6-4-2-1-3-5-6/h3-9,28H,1-2H3,(H2,24,26)(H,27,29);6-7H,1-5H2. The molecule has 4 aromatic rings. The summed E-state index contributed by atoms with van der Waals surface area (Å²) in [5, 5.41) is 9.66. The highest BCUT2D eigenvalue weighted by Crippen LogP contribution is 2.32. The van der Waals surface area contributed by atoms with Crippen LogP contribution >= 0.6 is 11.9 Å². The molecule has 1 saturated carbocycles. The Morgan fingerprint density at radius 1 is 1.16 bits per heavy atom. The third-order valence-electron chi connectivity index (χ3n) is 6.15. The van der Waals surface area contributed by atoms with Gasteiger partial charge in [0.2, 0.25) is 5.88 Å². The lowest BCUT2D eigenvalue weighted by atomic mass is 9.98. The van der Waals surface area contributed by atoms with Crippen LogP contribution in [0, 0.1) is 18.6 Å². The number of H-pyrrole nitrogens is 1. The number of nitrogen functional groups attached to an aromatic ring is 1. The highest BCUT2D eigenvalue weighted by Gasteiger charge is 2.14. The van der Waals surface area contributed by atoms with E-state index >= 15 is 0 Å². The Kier molecular flexibility index (Phi) is 8.80. The maximum atomic E-state index is 13.9. The molecule has 0 atom stereocenters. The number of benzene rings is 1. The van der Waals surface area contributed by atoms with Crippen LogP contribution in [-0.4, -0.2) is 33.3 Å². The monoisotopic (exact) mass is 541 g/mol. The van der Waals surface area contributed by atoms with Gasteiger partial charge in [0, 0.05) is 40.5 Å². The van der Waals surface area contributed by atoms with Crippen molar-refractivity contribution in [1.82, 2.24) is 15.0 Å². The second-order valence-electron chi connectivity index (χ2n) is 8.96. The first-order chi connectivity index (χ1) is 18.2.